The van der Waals surface area contributed by atoms with Crippen molar-refractivity contribution in [1.82, 2.24) is 15.8 Å². The van der Waals surface area contributed by atoms with Crippen LogP contribution in [0.2, 0.25) is 0 Å². The van der Waals surface area contributed by atoms with Crippen LogP contribution in [0.4, 0.5) is 0 Å². The van der Waals surface area contributed by atoms with Gasteiger partial charge in [0, 0.05) is 43.6 Å². The molecule has 3 aliphatic rings. The van der Waals surface area contributed by atoms with Gasteiger partial charge in [0.25, 0.3) is 5.91 Å². The molecule has 31 heavy (non-hydrogen) atoms. The third kappa shape index (κ3) is 3.82. The van der Waals surface area contributed by atoms with Crippen molar-refractivity contribution < 1.29 is 12.2 Å². The summed E-state index contributed by atoms with van der Waals surface area (Å²) in [6.45, 7) is 5.34. The van der Waals surface area contributed by atoms with E-state index in [-0.39, 0.29) is 14.2 Å². The molecule has 0 bridgehead atoms. The second kappa shape index (κ2) is 7.21. The fourth-order valence-electron chi connectivity index (χ4n) is 4.16. The maximum atomic E-state index is 12.5. The van der Waals surface area contributed by atoms with Gasteiger partial charge in [-0.1, -0.05) is 49.4 Å². The van der Waals surface area contributed by atoms with E-state index in [9.17, 15) is 10.1 Å². The van der Waals surface area contributed by atoms with Crippen molar-refractivity contribution in [2.45, 2.75) is 44.7 Å². The van der Waals surface area contributed by atoms with Crippen molar-refractivity contribution >= 4 is 11.5 Å². The number of amides is 1. The number of carbonyl (C=O) groups is 1. The Balaban J connectivity index is 0.00000153. The van der Waals surface area contributed by atoms with E-state index in [4.69, 9.17) is 4.52 Å². The molecule has 3 aliphatic carbocycles. The molecule has 1 aromatic heterocycles. The fraction of sp³-hybridized carbons (Fsp3) is 0.400. The first-order chi connectivity index (χ1) is 14.9. The van der Waals surface area contributed by atoms with Crippen molar-refractivity contribution in [3.05, 3.63) is 59.9 Å². The summed E-state index contributed by atoms with van der Waals surface area (Å²) in [5.74, 6) is 1.04. The van der Waals surface area contributed by atoms with Crippen LogP contribution in [0.5, 0.6) is 0 Å². The highest BCUT2D eigenvalue weighted by Crippen LogP contribution is 2.57. The van der Waals surface area contributed by atoms with Gasteiger partial charge in [-0.2, -0.15) is 5.26 Å². The molecule has 6 heteroatoms. The zero-order valence-corrected chi connectivity index (χ0v) is 17.8. The number of fused-ring (bicyclic) bond motifs is 1. The Morgan fingerprint density at radius 1 is 1.39 bits per heavy atom. The Hall–Kier alpha value is -3.17. The largest absolute Gasteiger partial charge is 0.356 e. The summed E-state index contributed by atoms with van der Waals surface area (Å²) in [4.78, 5) is 12.5. The summed E-state index contributed by atoms with van der Waals surface area (Å²) in [6.07, 6.45) is 9.30. The minimum absolute atomic E-state index is 0. The lowest BCUT2D eigenvalue weighted by Crippen LogP contribution is -2.35. The van der Waals surface area contributed by atoms with Crippen LogP contribution in [-0.2, 0) is 0 Å². The van der Waals surface area contributed by atoms with Gasteiger partial charge in [-0.25, -0.2) is 0 Å². The molecule has 2 N–H and O–H groups in total. The van der Waals surface area contributed by atoms with Crippen LogP contribution in [0.3, 0.4) is 0 Å². The first-order valence-electron chi connectivity index (χ1n) is 10.9. The lowest BCUT2D eigenvalue weighted by Gasteiger charge is -2.18. The van der Waals surface area contributed by atoms with E-state index in [1.807, 2.05) is 18.2 Å². The van der Waals surface area contributed by atoms with Crippen molar-refractivity contribution in [3.63, 3.8) is 0 Å². The molecule has 1 amide bonds. The normalized spacial score (nSPS) is 24.8. The maximum absolute atomic E-state index is 12.5. The predicted octanol–water partition coefficient (Wildman–Crippen LogP) is 4.58. The number of rotatable bonds is 7. The Labute approximate surface area is 185 Å². The summed E-state index contributed by atoms with van der Waals surface area (Å²) >= 11 is 0. The molecule has 162 valence electrons. The number of aromatic nitrogens is 1. The highest BCUT2D eigenvalue weighted by Gasteiger charge is 2.52. The predicted molar refractivity (Wildman–Crippen MR) is 122 cm³/mol. The minimum atomic E-state index is -0.684. The SMILES string of the molecule is CC(C)NCC12C=CC(c3cc(-c4cccc(C(=O)NC5(C#N)CC5)c4)no3)=CC1C2.[HH].[HH]. The number of allylic oxidation sites excluding steroid dienone is 3. The Kier molecular flexibility index (Phi) is 4.60. The summed E-state index contributed by atoms with van der Waals surface area (Å²) in [5, 5.41) is 19.8. The zero-order valence-electron chi connectivity index (χ0n) is 17.8. The Morgan fingerprint density at radius 3 is 2.94 bits per heavy atom. The van der Waals surface area contributed by atoms with Gasteiger partial charge < -0.3 is 15.2 Å². The number of nitrogens with one attached hydrogen (secondary N) is 2. The lowest BCUT2D eigenvalue weighted by atomic mass is 9.94. The summed E-state index contributed by atoms with van der Waals surface area (Å²) < 4.78 is 5.64. The smallest absolute Gasteiger partial charge is 0.252 e. The highest BCUT2D eigenvalue weighted by atomic mass is 16.5. The first kappa shape index (κ1) is 19.8. The van der Waals surface area contributed by atoms with Gasteiger partial charge in [-0.15, -0.1) is 0 Å². The quantitative estimate of drug-likeness (QED) is 0.687. The second-order valence-corrected chi connectivity index (χ2v) is 9.34. The van der Waals surface area contributed by atoms with Crippen LogP contribution in [0.1, 0.15) is 52.1 Å². The fourth-order valence-corrected chi connectivity index (χ4v) is 4.16. The molecule has 0 spiro atoms. The van der Waals surface area contributed by atoms with Gasteiger partial charge in [-0.3, -0.25) is 4.79 Å². The highest BCUT2D eigenvalue weighted by molar-refractivity contribution is 5.96. The van der Waals surface area contributed by atoms with E-state index in [2.05, 4.69) is 53.9 Å². The van der Waals surface area contributed by atoms with E-state index < -0.39 is 5.54 Å². The zero-order chi connectivity index (χ0) is 21.6. The molecule has 0 radical (unpaired) electrons. The molecule has 2 unspecified atom stereocenters. The van der Waals surface area contributed by atoms with Crippen LogP contribution in [-0.4, -0.2) is 29.2 Å². The Morgan fingerprint density at radius 2 is 2.23 bits per heavy atom. The van der Waals surface area contributed by atoms with E-state index >= 15 is 0 Å². The number of hydrogen-bond donors (Lipinski definition) is 2. The summed E-state index contributed by atoms with van der Waals surface area (Å²) in [5.41, 5.74) is 2.64. The molecule has 2 atom stereocenters. The van der Waals surface area contributed by atoms with Gasteiger partial charge in [-0.05, 0) is 37.3 Å². The van der Waals surface area contributed by atoms with Crippen LogP contribution >= 0.6 is 0 Å². The third-order valence-corrected chi connectivity index (χ3v) is 6.53. The van der Waals surface area contributed by atoms with Gasteiger partial charge in [0.1, 0.15) is 11.2 Å². The minimum Gasteiger partial charge on any atom is -0.356 e. The number of nitrogens with zero attached hydrogens (tertiary/aromatic N) is 2. The lowest BCUT2D eigenvalue weighted by molar-refractivity contribution is 0.0941. The van der Waals surface area contributed by atoms with Gasteiger partial charge in [0.2, 0.25) is 0 Å². The van der Waals surface area contributed by atoms with Crippen LogP contribution in [0.15, 0.2) is 53.1 Å². The summed E-state index contributed by atoms with van der Waals surface area (Å²) in [6, 6.07) is 11.9. The monoisotopic (exact) mass is 418 g/mol. The molecule has 0 aliphatic heterocycles. The molecule has 1 aromatic carbocycles. The van der Waals surface area contributed by atoms with Crippen LogP contribution in [0, 0.1) is 22.7 Å². The average Bonchev–Trinajstić information content (AvgIpc) is 3.66. The molecule has 2 aromatic rings. The molecular formula is C25H30N4O2. The molecule has 6 nitrogen and oxygen atoms in total. The standard InChI is InChI=1S/C25H26N4O2.2H2/c1-16(2)27-15-24-7-6-18(11-20(24)13-24)22-12-21(29-31-22)17-4-3-5-19(10-17)23(30)28-25(14-26)8-9-25;;/h3-7,10-12,16,20,27H,8-9,13,15H2,1-2H3,(H,28,30);2*1H. The van der Waals surface area contributed by atoms with E-state index in [0.717, 1.165) is 29.9 Å². The molecule has 2 saturated carbocycles. The number of benzene rings is 1. The number of nitriles is 1. The van der Waals surface area contributed by atoms with Gasteiger partial charge in [0.05, 0.1) is 6.07 Å². The number of hydrogen-bond acceptors (Lipinski definition) is 5. The third-order valence-electron chi connectivity index (χ3n) is 6.53. The van der Waals surface area contributed by atoms with Crippen molar-refractivity contribution in [2.24, 2.45) is 11.3 Å². The molecule has 1 heterocycles. The van der Waals surface area contributed by atoms with Gasteiger partial charge in [0.15, 0.2) is 5.76 Å². The average molecular weight is 419 g/mol. The van der Waals surface area contributed by atoms with E-state index in [1.165, 1.54) is 0 Å². The van der Waals surface area contributed by atoms with Gasteiger partial charge >= 0.3 is 0 Å². The van der Waals surface area contributed by atoms with Crippen molar-refractivity contribution in [1.29, 1.82) is 5.26 Å². The molecule has 5 rings (SSSR count). The molecule has 2 fully saturated rings. The number of carbonyl (C=O) groups excluding carboxylic acids is 1. The van der Waals surface area contributed by atoms with E-state index in [1.54, 1.807) is 12.1 Å². The topological polar surface area (TPSA) is 91.0 Å². The maximum Gasteiger partial charge on any atom is 0.252 e. The van der Waals surface area contributed by atoms with Crippen molar-refractivity contribution in [2.75, 3.05) is 6.54 Å². The second-order valence-electron chi connectivity index (χ2n) is 9.34. The summed E-state index contributed by atoms with van der Waals surface area (Å²) in [7, 11) is 0. The first-order valence-corrected chi connectivity index (χ1v) is 10.9. The Bertz CT molecular complexity index is 1140. The van der Waals surface area contributed by atoms with Crippen molar-refractivity contribution in [3.8, 4) is 17.3 Å². The van der Waals surface area contributed by atoms with Crippen LogP contribution < -0.4 is 10.6 Å². The molecular weight excluding hydrogens is 388 g/mol. The van der Waals surface area contributed by atoms with E-state index in [0.29, 0.717) is 36.1 Å². The molecule has 0 saturated heterocycles. The van der Waals surface area contributed by atoms with Crippen LogP contribution in [0.25, 0.3) is 16.8 Å².